The van der Waals surface area contributed by atoms with Gasteiger partial charge in [-0.05, 0) is 22.5 Å². The second kappa shape index (κ2) is 8.92. The van der Waals surface area contributed by atoms with Crippen molar-refractivity contribution >= 4 is 6.08 Å². The van der Waals surface area contributed by atoms with Gasteiger partial charge >= 0.3 is 0 Å². The molecule has 0 radical (unpaired) electrons. The van der Waals surface area contributed by atoms with Crippen molar-refractivity contribution < 1.29 is 5.11 Å². The van der Waals surface area contributed by atoms with Crippen molar-refractivity contribution in [2.75, 3.05) is 0 Å². The SMILES string of the molecule is C=Cc1cc(C(C)(C)C)cc(C(C)(C)C)c1O.CC.CC. The molecule has 21 heavy (non-hydrogen) atoms. The Morgan fingerprint density at radius 1 is 0.857 bits per heavy atom. The van der Waals surface area contributed by atoms with Gasteiger partial charge in [-0.15, -0.1) is 0 Å². The minimum absolute atomic E-state index is 0.0664. The van der Waals surface area contributed by atoms with Gasteiger partial charge in [0.25, 0.3) is 0 Å². The molecule has 1 aromatic carbocycles. The smallest absolute Gasteiger partial charge is 0.126 e. The van der Waals surface area contributed by atoms with E-state index in [4.69, 9.17) is 0 Å². The molecular formula is C20H36O. The summed E-state index contributed by atoms with van der Waals surface area (Å²) in [5, 5.41) is 10.2. The summed E-state index contributed by atoms with van der Waals surface area (Å²) in [5.74, 6) is 0.362. The molecule has 0 fully saturated rings. The number of hydrogen-bond donors (Lipinski definition) is 1. The number of phenols is 1. The summed E-state index contributed by atoms with van der Waals surface area (Å²) in [6.07, 6.45) is 1.72. The topological polar surface area (TPSA) is 20.2 Å². The van der Waals surface area contributed by atoms with Crippen LogP contribution >= 0.6 is 0 Å². The molecule has 122 valence electrons. The Bertz CT molecular complexity index is 428. The lowest BCUT2D eigenvalue weighted by molar-refractivity contribution is 0.443. The second-order valence-electron chi connectivity index (χ2n) is 6.67. The highest BCUT2D eigenvalue weighted by Gasteiger charge is 2.23. The maximum absolute atomic E-state index is 10.2. The van der Waals surface area contributed by atoms with Crippen LogP contribution in [0.5, 0.6) is 5.75 Å². The van der Waals surface area contributed by atoms with Gasteiger partial charge in [0.1, 0.15) is 5.75 Å². The summed E-state index contributed by atoms with van der Waals surface area (Å²) >= 11 is 0. The number of benzene rings is 1. The third-order valence-corrected chi connectivity index (χ3v) is 3.03. The highest BCUT2D eigenvalue weighted by atomic mass is 16.3. The van der Waals surface area contributed by atoms with Crippen LogP contribution in [0, 0.1) is 0 Å². The molecule has 0 aliphatic rings. The largest absolute Gasteiger partial charge is 0.507 e. The van der Waals surface area contributed by atoms with Crippen LogP contribution in [0.4, 0.5) is 0 Å². The van der Waals surface area contributed by atoms with E-state index in [2.05, 4.69) is 54.2 Å². The van der Waals surface area contributed by atoms with Crippen molar-refractivity contribution in [1.29, 1.82) is 0 Å². The molecule has 0 heterocycles. The van der Waals surface area contributed by atoms with Crippen molar-refractivity contribution in [3.05, 3.63) is 35.4 Å². The molecule has 1 aromatic rings. The molecular weight excluding hydrogens is 256 g/mol. The summed E-state index contributed by atoms with van der Waals surface area (Å²) in [6, 6.07) is 4.14. The van der Waals surface area contributed by atoms with E-state index in [0.717, 1.165) is 11.1 Å². The van der Waals surface area contributed by atoms with Crippen LogP contribution in [0.15, 0.2) is 18.7 Å². The molecule has 0 atom stereocenters. The third-order valence-electron chi connectivity index (χ3n) is 3.03. The molecule has 0 spiro atoms. The predicted molar refractivity (Wildman–Crippen MR) is 98.3 cm³/mol. The van der Waals surface area contributed by atoms with Gasteiger partial charge in [-0.2, -0.15) is 0 Å². The van der Waals surface area contributed by atoms with Gasteiger partial charge < -0.3 is 5.11 Å². The van der Waals surface area contributed by atoms with Gasteiger partial charge in [-0.3, -0.25) is 0 Å². The lowest BCUT2D eigenvalue weighted by Crippen LogP contribution is -2.17. The Kier molecular flexibility index (Phi) is 9.36. The van der Waals surface area contributed by atoms with E-state index in [9.17, 15) is 5.11 Å². The van der Waals surface area contributed by atoms with Crippen LogP contribution < -0.4 is 0 Å². The molecule has 1 heteroatoms. The summed E-state index contributed by atoms with van der Waals surface area (Å²) in [5.41, 5.74) is 3.05. The maximum Gasteiger partial charge on any atom is 0.126 e. The molecule has 1 rings (SSSR count). The van der Waals surface area contributed by atoms with Crippen molar-refractivity contribution in [2.45, 2.75) is 80.1 Å². The Morgan fingerprint density at radius 2 is 1.29 bits per heavy atom. The molecule has 0 aliphatic heterocycles. The van der Waals surface area contributed by atoms with E-state index in [1.165, 1.54) is 5.56 Å². The first kappa shape index (κ1) is 22.0. The summed E-state index contributed by atoms with van der Waals surface area (Å²) in [4.78, 5) is 0. The Balaban J connectivity index is 0. The quantitative estimate of drug-likeness (QED) is 0.612. The number of hydrogen-bond acceptors (Lipinski definition) is 1. The molecule has 0 saturated carbocycles. The molecule has 0 bridgehead atoms. The Labute approximate surface area is 133 Å². The monoisotopic (exact) mass is 292 g/mol. The fraction of sp³-hybridized carbons (Fsp3) is 0.600. The maximum atomic E-state index is 10.2. The number of aromatic hydroxyl groups is 1. The van der Waals surface area contributed by atoms with Crippen molar-refractivity contribution in [2.24, 2.45) is 0 Å². The van der Waals surface area contributed by atoms with Gasteiger partial charge in [-0.1, -0.05) is 88.0 Å². The zero-order valence-corrected chi connectivity index (χ0v) is 15.9. The fourth-order valence-electron chi connectivity index (χ4n) is 1.82. The van der Waals surface area contributed by atoms with Crippen molar-refractivity contribution in [1.82, 2.24) is 0 Å². The van der Waals surface area contributed by atoms with Crippen molar-refractivity contribution in [3.63, 3.8) is 0 Å². The fourth-order valence-corrected chi connectivity index (χ4v) is 1.82. The Hall–Kier alpha value is -1.24. The lowest BCUT2D eigenvalue weighted by atomic mass is 9.79. The summed E-state index contributed by atoms with van der Waals surface area (Å²) in [6.45, 7) is 24.7. The molecule has 0 saturated heterocycles. The second-order valence-corrected chi connectivity index (χ2v) is 6.67. The van der Waals surface area contributed by atoms with Crippen molar-refractivity contribution in [3.8, 4) is 5.75 Å². The van der Waals surface area contributed by atoms with Gasteiger partial charge in [0.05, 0.1) is 0 Å². The van der Waals surface area contributed by atoms with Crippen LogP contribution in [0.2, 0.25) is 0 Å². The normalized spacial score (nSPS) is 10.8. The van der Waals surface area contributed by atoms with Gasteiger partial charge in [0, 0.05) is 11.1 Å². The average Bonchev–Trinajstić information content (AvgIpc) is 2.41. The standard InChI is InChI=1S/C16H24O.2C2H6/c1-8-11-9-12(15(2,3)4)10-13(14(11)17)16(5,6)7;2*1-2/h8-10,17H,1H2,2-7H3;2*1-2H3. The lowest BCUT2D eigenvalue weighted by Gasteiger charge is -2.27. The molecule has 0 amide bonds. The number of phenolic OH excluding ortho intramolecular Hbond substituents is 1. The summed E-state index contributed by atoms with van der Waals surface area (Å²) in [7, 11) is 0. The van der Waals surface area contributed by atoms with E-state index in [0.29, 0.717) is 5.75 Å². The molecule has 1 nitrogen and oxygen atoms in total. The molecule has 0 unspecified atom stereocenters. The van der Waals surface area contributed by atoms with Crippen LogP contribution in [-0.2, 0) is 10.8 Å². The van der Waals surface area contributed by atoms with Crippen LogP contribution in [0.25, 0.3) is 6.08 Å². The average molecular weight is 293 g/mol. The zero-order chi connectivity index (χ0) is 17.4. The van der Waals surface area contributed by atoms with Crippen LogP contribution in [-0.4, -0.2) is 5.11 Å². The number of rotatable bonds is 1. The third kappa shape index (κ3) is 6.37. The molecule has 0 aliphatic carbocycles. The Morgan fingerprint density at radius 3 is 1.57 bits per heavy atom. The van der Waals surface area contributed by atoms with Crippen LogP contribution in [0.3, 0.4) is 0 Å². The predicted octanol–water partition coefficient (Wildman–Crippen LogP) is 6.68. The van der Waals surface area contributed by atoms with E-state index < -0.39 is 0 Å². The first-order chi connectivity index (χ1) is 9.57. The van der Waals surface area contributed by atoms with Gasteiger partial charge in [-0.25, -0.2) is 0 Å². The minimum atomic E-state index is -0.0664. The van der Waals surface area contributed by atoms with Gasteiger partial charge in [0.15, 0.2) is 0 Å². The van der Waals surface area contributed by atoms with Gasteiger partial charge in [0.2, 0.25) is 0 Å². The highest BCUT2D eigenvalue weighted by molar-refractivity contribution is 5.61. The van der Waals surface area contributed by atoms with E-state index in [1.54, 1.807) is 6.08 Å². The molecule has 1 N–H and O–H groups in total. The first-order valence-corrected chi connectivity index (χ1v) is 8.08. The van der Waals surface area contributed by atoms with E-state index in [1.807, 2.05) is 33.8 Å². The van der Waals surface area contributed by atoms with E-state index >= 15 is 0 Å². The zero-order valence-electron chi connectivity index (χ0n) is 15.9. The van der Waals surface area contributed by atoms with Crippen LogP contribution in [0.1, 0.15) is 85.9 Å². The molecule has 0 aromatic heterocycles. The minimum Gasteiger partial charge on any atom is -0.507 e. The summed E-state index contributed by atoms with van der Waals surface area (Å²) < 4.78 is 0. The van der Waals surface area contributed by atoms with E-state index in [-0.39, 0.29) is 10.8 Å². The highest BCUT2D eigenvalue weighted by Crippen LogP contribution is 2.37. The first-order valence-electron chi connectivity index (χ1n) is 8.08.